The van der Waals surface area contributed by atoms with Gasteiger partial charge in [-0.1, -0.05) is 12.1 Å². The Morgan fingerprint density at radius 2 is 1.91 bits per heavy atom. The van der Waals surface area contributed by atoms with E-state index in [-0.39, 0.29) is 12.4 Å². The third-order valence-electron chi connectivity index (χ3n) is 4.14. The number of aryl methyl sites for hydroxylation is 1. The summed E-state index contributed by atoms with van der Waals surface area (Å²) in [5, 5.41) is 4.64. The van der Waals surface area contributed by atoms with E-state index in [0.29, 0.717) is 0 Å². The summed E-state index contributed by atoms with van der Waals surface area (Å²) in [6.45, 7) is 7.68. The smallest absolute Gasteiger partial charge is 0.233 e. The quantitative estimate of drug-likeness (QED) is 0.737. The van der Waals surface area contributed by atoms with Crippen LogP contribution in [0.2, 0.25) is 0 Å². The van der Waals surface area contributed by atoms with Crippen molar-refractivity contribution < 1.29 is 4.74 Å². The summed E-state index contributed by atoms with van der Waals surface area (Å²) in [7, 11) is 0. The molecule has 1 saturated heterocycles. The van der Waals surface area contributed by atoms with Crippen LogP contribution in [0.1, 0.15) is 5.82 Å². The molecule has 22 heavy (non-hydrogen) atoms. The number of nitrogens with zero attached hydrogens (tertiary/aromatic N) is 5. The van der Waals surface area contributed by atoms with Gasteiger partial charge < -0.3 is 4.74 Å². The minimum absolute atomic E-state index is 0. The van der Waals surface area contributed by atoms with E-state index in [1.165, 1.54) is 0 Å². The Morgan fingerprint density at radius 1 is 1.14 bits per heavy atom. The normalized spacial score (nSPS) is 16.2. The van der Waals surface area contributed by atoms with Crippen LogP contribution >= 0.6 is 12.4 Å². The predicted octanol–water partition coefficient (Wildman–Crippen LogP) is 1.75. The second-order valence-electron chi connectivity index (χ2n) is 5.47. The van der Waals surface area contributed by atoms with Crippen molar-refractivity contribution in [3.63, 3.8) is 0 Å². The van der Waals surface area contributed by atoms with E-state index in [9.17, 15) is 0 Å². The van der Waals surface area contributed by atoms with Gasteiger partial charge in [0.25, 0.3) is 0 Å². The molecule has 4 rings (SSSR count). The van der Waals surface area contributed by atoms with Crippen LogP contribution in [-0.4, -0.2) is 56.9 Å². The van der Waals surface area contributed by atoms with Crippen LogP contribution in [0.3, 0.4) is 0 Å². The van der Waals surface area contributed by atoms with Crippen molar-refractivity contribution in [2.45, 2.75) is 13.5 Å². The summed E-state index contributed by atoms with van der Waals surface area (Å²) in [5.74, 6) is 1.94. The molecule has 1 aromatic carbocycles. The fourth-order valence-electron chi connectivity index (χ4n) is 2.95. The van der Waals surface area contributed by atoms with Gasteiger partial charge >= 0.3 is 0 Å². The molecular formula is C15H20ClN5O. The average Bonchev–Trinajstić information content (AvgIpc) is 3.01. The van der Waals surface area contributed by atoms with Crippen LogP contribution in [0.4, 0.5) is 0 Å². The highest BCUT2D eigenvalue weighted by atomic mass is 35.5. The molecule has 0 N–H and O–H groups in total. The number of rotatable bonds is 3. The van der Waals surface area contributed by atoms with Crippen molar-refractivity contribution in [1.29, 1.82) is 0 Å². The number of para-hydroxylation sites is 2. The molecule has 0 atom stereocenters. The standard InChI is InChI=1S/C15H19N5O.ClH/c1-12-17-20-14-5-3-2-4-13(14)16-15(20)19(12)7-6-18-8-10-21-11-9-18;/h2-5H,6-11H2,1H3;1H. The van der Waals surface area contributed by atoms with Gasteiger partial charge in [-0.2, -0.15) is 9.61 Å². The Hall–Kier alpha value is -1.63. The lowest BCUT2D eigenvalue weighted by Crippen LogP contribution is -2.38. The predicted molar refractivity (Wildman–Crippen MR) is 87.7 cm³/mol. The Balaban J connectivity index is 0.00000144. The molecule has 0 spiro atoms. The van der Waals surface area contributed by atoms with Gasteiger partial charge in [-0.15, -0.1) is 12.4 Å². The molecule has 3 heterocycles. The maximum absolute atomic E-state index is 5.39. The highest BCUT2D eigenvalue weighted by molar-refractivity contribution is 5.85. The zero-order valence-electron chi connectivity index (χ0n) is 12.6. The van der Waals surface area contributed by atoms with Crippen molar-refractivity contribution in [2.24, 2.45) is 0 Å². The molecule has 2 aromatic heterocycles. The first kappa shape index (κ1) is 15.3. The number of ether oxygens (including phenoxy) is 1. The van der Waals surface area contributed by atoms with Crippen molar-refractivity contribution in [3.8, 4) is 0 Å². The van der Waals surface area contributed by atoms with Crippen LogP contribution in [0.15, 0.2) is 24.3 Å². The number of halogens is 1. The molecule has 1 fully saturated rings. The highest BCUT2D eigenvalue weighted by Gasteiger charge is 2.15. The molecule has 1 aliphatic heterocycles. The van der Waals surface area contributed by atoms with Crippen molar-refractivity contribution in [2.75, 3.05) is 32.8 Å². The molecule has 0 aliphatic carbocycles. The minimum atomic E-state index is 0. The second kappa shape index (κ2) is 6.24. The number of fused-ring (bicyclic) bond motifs is 3. The van der Waals surface area contributed by atoms with E-state index >= 15 is 0 Å². The molecule has 6 nitrogen and oxygen atoms in total. The highest BCUT2D eigenvalue weighted by Crippen LogP contribution is 2.17. The van der Waals surface area contributed by atoms with Gasteiger partial charge in [-0.25, -0.2) is 4.98 Å². The first-order valence-electron chi connectivity index (χ1n) is 7.43. The van der Waals surface area contributed by atoms with Gasteiger partial charge in [-0.05, 0) is 19.1 Å². The Morgan fingerprint density at radius 3 is 2.73 bits per heavy atom. The SMILES string of the molecule is Cc1nn2c3ccccc3nc2n1CCN1CCOCC1.Cl. The van der Waals surface area contributed by atoms with E-state index in [2.05, 4.69) is 20.6 Å². The summed E-state index contributed by atoms with van der Waals surface area (Å²) < 4.78 is 9.55. The van der Waals surface area contributed by atoms with Crippen LogP contribution in [0.5, 0.6) is 0 Å². The number of benzene rings is 1. The Labute approximate surface area is 135 Å². The molecule has 0 saturated carbocycles. The molecule has 0 unspecified atom stereocenters. The number of imidazole rings is 1. The van der Waals surface area contributed by atoms with Crippen LogP contribution in [-0.2, 0) is 11.3 Å². The van der Waals surface area contributed by atoms with Gasteiger partial charge in [0.1, 0.15) is 5.82 Å². The molecule has 3 aromatic rings. The second-order valence-corrected chi connectivity index (χ2v) is 5.47. The van der Waals surface area contributed by atoms with Crippen LogP contribution in [0, 0.1) is 6.92 Å². The topological polar surface area (TPSA) is 47.6 Å². The molecule has 0 bridgehead atoms. The van der Waals surface area contributed by atoms with Gasteiger partial charge in [0, 0.05) is 26.2 Å². The molecule has 118 valence electrons. The maximum Gasteiger partial charge on any atom is 0.233 e. The average molecular weight is 322 g/mol. The van der Waals surface area contributed by atoms with Gasteiger partial charge in [-0.3, -0.25) is 9.47 Å². The molecular weight excluding hydrogens is 302 g/mol. The van der Waals surface area contributed by atoms with Crippen molar-refractivity contribution >= 4 is 29.2 Å². The Kier molecular flexibility index (Phi) is 4.33. The largest absolute Gasteiger partial charge is 0.379 e. The Bertz CT molecular complexity index is 775. The van der Waals surface area contributed by atoms with Crippen LogP contribution < -0.4 is 0 Å². The molecule has 0 radical (unpaired) electrons. The molecule has 0 amide bonds. The minimum Gasteiger partial charge on any atom is -0.379 e. The van der Waals surface area contributed by atoms with E-state index in [0.717, 1.165) is 62.0 Å². The lowest BCUT2D eigenvalue weighted by Gasteiger charge is -2.26. The third kappa shape index (κ3) is 2.58. The number of hydrogen-bond acceptors (Lipinski definition) is 4. The zero-order chi connectivity index (χ0) is 14.2. The first-order chi connectivity index (χ1) is 10.3. The third-order valence-corrected chi connectivity index (χ3v) is 4.14. The number of aromatic nitrogens is 4. The molecule has 1 aliphatic rings. The summed E-state index contributed by atoms with van der Waals surface area (Å²) in [6, 6.07) is 8.14. The number of hydrogen-bond donors (Lipinski definition) is 0. The van der Waals surface area contributed by atoms with Crippen molar-refractivity contribution in [3.05, 3.63) is 30.1 Å². The summed E-state index contributed by atoms with van der Waals surface area (Å²) >= 11 is 0. The van der Waals surface area contributed by atoms with Gasteiger partial charge in [0.15, 0.2) is 0 Å². The molecule has 7 heteroatoms. The van der Waals surface area contributed by atoms with E-state index in [1.54, 1.807) is 0 Å². The summed E-state index contributed by atoms with van der Waals surface area (Å²) in [6.07, 6.45) is 0. The fourth-order valence-corrected chi connectivity index (χ4v) is 2.95. The first-order valence-corrected chi connectivity index (χ1v) is 7.43. The van der Waals surface area contributed by atoms with Gasteiger partial charge in [0.05, 0.1) is 24.2 Å². The van der Waals surface area contributed by atoms with E-state index in [4.69, 9.17) is 9.72 Å². The zero-order valence-corrected chi connectivity index (χ0v) is 13.4. The van der Waals surface area contributed by atoms with Gasteiger partial charge in [0.2, 0.25) is 5.78 Å². The lowest BCUT2D eigenvalue weighted by molar-refractivity contribution is 0.0364. The van der Waals surface area contributed by atoms with Crippen LogP contribution in [0.25, 0.3) is 16.8 Å². The summed E-state index contributed by atoms with van der Waals surface area (Å²) in [4.78, 5) is 7.15. The number of morpholine rings is 1. The van der Waals surface area contributed by atoms with E-state index < -0.39 is 0 Å². The lowest BCUT2D eigenvalue weighted by atomic mass is 10.3. The maximum atomic E-state index is 5.39. The summed E-state index contributed by atoms with van der Waals surface area (Å²) in [5.41, 5.74) is 2.07. The monoisotopic (exact) mass is 321 g/mol. The fraction of sp³-hybridized carbons (Fsp3) is 0.467. The van der Waals surface area contributed by atoms with Crippen molar-refractivity contribution in [1.82, 2.24) is 24.1 Å². The van der Waals surface area contributed by atoms with E-state index in [1.807, 2.05) is 29.6 Å².